The van der Waals surface area contributed by atoms with Crippen LogP contribution in [0.2, 0.25) is 0 Å². The highest BCUT2D eigenvalue weighted by atomic mass is 16.6. The molecule has 1 rings (SSSR count). The predicted molar refractivity (Wildman–Crippen MR) is 62.7 cm³/mol. The third kappa shape index (κ3) is 5.32. The maximum atomic E-state index is 11.4. The normalized spacial score (nSPS) is 26.2. The number of amides is 1. The first-order valence-electron chi connectivity index (χ1n) is 5.87. The standard InChI is InChI=1S/C11H23N3O2/c1-11(2,3)16-10(15)14-13-9-6-4-5-8(12)7-9/h8-9,13H,4-7,12H2,1-3H3,(H,14,15). The minimum Gasteiger partial charge on any atom is -0.443 e. The number of carbonyl (C=O) groups excluding carboxylic acids is 1. The van der Waals surface area contributed by atoms with Gasteiger partial charge in [-0.2, -0.15) is 0 Å². The molecule has 0 aliphatic heterocycles. The van der Waals surface area contributed by atoms with Crippen LogP contribution in [-0.2, 0) is 4.74 Å². The summed E-state index contributed by atoms with van der Waals surface area (Å²) < 4.78 is 5.11. The van der Waals surface area contributed by atoms with Crippen molar-refractivity contribution in [1.82, 2.24) is 10.9 Å². The fourth-order valence-corrected chi connectivity index (χ4v) is 1.82. The Morgan fingerprint density at radius 2 is 2.06 bits per heavy atom. The number of hydrogen-bond donors (Lipinski definition) is 3. The van der Waals surface area contributed by atoms with E-state index in [9.17, 15) is 4.79 Å². The summed E-state index contributed by atoms with van der Waals surface area (Å²) in [4.78, 5) is 11.4. The lowest BCUT2D eigenvalue weighted by atomic mass is 9.92. The number of nitrogens with one attached hydrogen (secondary N) is 2. The van der Waals surface area contributed by atoms with Gasteiger partial charge in [0.2, 0.25) is 0 Å². The Balaban J connectivity index is 2.21. The first-order chi connectivity index (χ1) is 7.37. The number of nitrogens with two attached hydrogens (primary N) is 1. The average Bonchev–Trinajstić information content (AvgIpc) is 2.12. The second-order valence-corrected chi connectivity index (χ2v) is 5.39. The summed E-state index contributed by atoms with van der Waals surface area (Å²) in [5.41, 5.74) is 10.9. The van der Waals surface area contributed by atoms with Crippen molar-refractivity contribution >= 4 is 6.09 Å². The van der Waals surface area contributed by atoms with E-state index in [1.807, 2.05) is 20.8 Å². The molecule has 0 aromatic heterocycles. The molecule has 2 unspecified atom stereocenters. The minimum atomic E-state index is -0.464. The van der Waals surface area contributed by atoms with Gasteiger partial charge in [0.05, 0.1) is 0 Å². The van der Waals surface area contributed by atoms with Crippen LogP contribution in [0.25, 0.3) is 0 Å². The SMILES string of the molecule is CC(C)(C)OC(=O)NNC1CCCC(N)C1. The van der Waals surface area contributed by atoms with Gasteiger partial charge < -0.3 is 10.5 Å². The zero-order valence-electron chi connectivity index (χ0n) is 10.4. The van der Waals surface area contributed by atoms with E-state index in [1.165, 1.54) is 0 Å². The summed E-state index contributed by atoms with van der Waals surface area (Å²) in [6.07, 6.45) is 3.69. The summed E-state index contributed by atoms with van der Waals surface area (Å²) in [6, 6.07) is 0.503. The Labute approximate surface area is 97.1 Å². The molecule has 4 N–H and O–H groups in total. The van der Waals surface area contributed by atoms with E-state index in [1.54, 1.807) is 0 Å². The molecule has 0 bridgehead atoms. The minimum absolute atomic E-state index is 0.242. The molecule has 2 atom stereocenters. The molecule has 0 spiro atoms. The first kappa shape index (κ1) is 13.3. The van der Waals surface area contributed by atoms with E-state index in [4.69, 9.17) is 10.5 Å². The Hall–Kier alpha value is -0.810. The van der Waals surface area contributed by atoms with E-state index < -0.39 is 11.7 Å². The topological polar surface area (TPSA) is 76.4 Å². The van der Waals surface area contributed by atoms with Gasteiger partial charge in [-0.3, -0.25) is 5.43 Å². The van der Waals surface area contributed by atoms with Crippen LogP contribution in [-0.4, -0.2) is 23.8 Å². The first-order valence-corrected chi connectivity index (χ1v) is 5.87. The van der Waals surface area contributed by atoms with Crippen LogP contribution in [0.4, 0.5) is 4.79 Å². The molecule has 94 valence electrons. The van der Waals surface area contributed by atoms with Gasteiger partial charge in [0, 0.05) is 12.1 Å². The van der Waals surface area contributed by atoms with Crippen LogP contribution in [0.1, 0.15) is 46.5 Å². The number of ether oxygens (including phenoxy) is 1. The third-order valence-corrected chi connectivity index (χ3v) is 2.49. The molecule has 0 aromatic rings. The fourth-order valence-electron chi connectivity index (χ4n) is 1.82. The van der Waals surface area contributed by atoms with Crippen molar-refractivity contribution in [1.29, 1.82) is 0 Å². The maximum absolute atomic E-state index is 11.4. The second-order valence-electron chi connectivity index (χ2n) is 5.39. The van der Waals surface area contributed by atoms with Crippen molar-refractivity contribution in [2.45, 2.75) is 64.1 Å². The van der Waals surface area contributed by atoms with Crippen LogP contribution in [0.3, 0.4) is 0 Å². The molecule has 1 fully saturated rings. The van der Waals surface area contributed by atoms with Gasteiger partial charge in [-0.15, -0.1) is 0 Å². The lowest BCUT2D eigenvalue weighted by molar-refractivity contribution is 0.0481. The quantitative estimate of drug-likeness (QED) is 0.624. The Morgan fingerprint density at radius 3 is 2.62 bits per heavy atom. The molecular formula is C11H23N3O2. The molecular weight excluding hydrogens is 206 g/mol. The van der Waals surface area contributed by atoms with E-state index in [2.05, 4.69) is 10.9 Å². The van der Waals surface area contributed by atoms with Gasteiger partial charge in [0.25, 0.3) is 0 Å². The van der Waals surface area contributed by atoms with Crippen molar-refractivity contribution in [2.75, 3.05) is 0 Å². The highest BCUT2D eigenvalue weighted by molar-refractivity contribution is 5.67. The Morgan fingerprint density at radius 1 is 1.38 bits per heavy atom. The van der Waals surface area contributed by atoms with Gasteiger partial charge in [0.15, 0.2) is 0 Å². The van der Waals surface area contributed by atoms with Crippen LogP contribution in [0, 0.1) is 0 Å². The lowest BCUT2D eigenvalue weighted by Crippen LogP contribution is -2.49. The number of hydrazine groups is 1. The van der Waals surface area contributed by atoms with Crippen molar-refractivity contribution in [3.05, 3.63) is 0 Å². The second kappa shape index (κ2) is 5.50. The molecule has 0 aromatic carbocycles. The Kier molecular flexibility index (Phi) is 4.56. The molecule has 0 radical (unpaired) electrons. The molecule has 1 saturated carbocycles. The summed E-state index contributed by atoms with van der Waals surface area (Å²) in [7, 11) is 0. The number of rotatable bonds is 2. The van der Waals surface area contributed by atoms with E-state index in [-0.39, 0.29) is 12.1 Å². The maximum Gasteiger partial charge on any atom is 0.422 e. The van der Waals surface area contributed by atoms with Gasteiger partial charge >= 0.3 is 6.09 Å². The van der Waals surface area contributed by atoms with E-state index in [0.717, 1.165) is 25.7 Å². The van der Waals surface area contributed by atoms with Gasteiger partial charge in [-0.25, -0.2) is 10.2 Å². The van der Waals surface area contributed by atoms with Gasteiger partial charge in [0.1, 0.15) is 5.60 Å². The molecule has 0 heterocycles. The highest BCUT2D eigenvalue weighted by Crippen LogP contribution is 2.16. The zero-order chi connectivity index (χ0) is 12.2. The molecule has 16 heavy (non-hydrogen) atoms. The lowest BCUT2D eigenvalue weighted by Gasteiger charge is -2.28. The molecule has 1 amide bonds. The van der Waals surface area contributed by atoms with Crippen LogP contribution in [0.5, 0.6) is 0 Å². The smallest absolute Gasteiger partial charge is 0.422 e. The summed E-state index contributed by atoms with van der Waals surface area (Å²) in [6.45, 7) is 5.51. The van der Waals surface area contributed by atoms with Crippen LogP contribution in [0.15, 0.2) is 0 Å². The third-order valence-electron chi connectivity index (χ3n) is 2.49. The van der Waals surface area contributed by atoms with Crippen molar-refractivity contribution in [3.63, 3.8) is 0 Å². The van der Waals surface area contributed by atoms with Crippen LogP contribution < -0.4 is 16.6 Å². The van der Waals surface area contributed by atoms with Crippen molar-refractivity contribution in [3.8, 4) is 0 Å². The molecule has 1 aliphatic rings. The monoisotopic (exact) mass is 229 g/mol. The van der Waals surface area contributed by atoms with E-state index in [0.29, 0.717) is 0 Å². The van der Waals surface area contributed by atoms with Gasteiger partial charge in [-0.05, 0) is 40.0 Å². The summed E-state index contributed by atoms with van der Waals surface area (Å²) in [5, 5.41) is 0. The fraction of sp³-hybridized carbons (Fsp3) is 0.909. The molecule has 1 aliphatic carbocycles. The average molecular weight is 229 g/mol. The molecule has 5 heteroatoms. The summed E-state index contributed by atoms with van der Waals surface area (Å²) >= 11 is 0. The van der Waals surface area contributed by atoms with Crippen LogP contribution >= 0.6 is 0 Å². The zero-order valence-corrected chi connectivity index (χ0v) is 10.4. The number of hydrogen-bond acceptors (Lipinski definition) is 4. The largest absolute Gasteiger partial charge is 0.443 e. The molecule has 0 saturated heterocycles. The van der Waals surface area contributed by atoms with Crippen molar-refractivity contribution in [2.24, 2.45) is 5.73 Å². The highest BCUT2D eigenvalue weighted by Gasteiger charge is 2.21. The van der Waals surface area contributed by atoms with Gasteiger partial charge in [-0.1, -0.05) is 6.42 Å². The Bertz CT molecular complexity index is 238. The number of carbonyl (C=O) groups is 1. The summed E-state index contributed by atoms with van der Waals surface area (Å²) in [5.74, 6) is 0. The molecule has 5 nitrogen and oxygen atoms in total. The predicted octanol–water partition coefficient (Wildman–Crippen LogP) is 1.29. The van der Waals surface area contributed by atoms with Crippen molar-refractivity contribution < 1.29 is 9.53 Å². The van der Waals surface area contributed by atoms with E-state index >= 15 is 0 Å².